The molecule has 3 fully saturated rings. The van der Waals surface area contributed by atoms with Gasteiger partial charge in [0.1, 0.15) is 6.04 Å². The van der Waals surface area contributed by atoms with Crippen LogP contribution in [-0.4, -0.2) is 90.4 Å². The van der Waals surface area contributed by atoms with Gasteiger partial charge in [-0.2, -0.15) is 13.5 Å². The minimum atomic E-state index is -4.83. The van der Waals surface area contributed by atoms with Crippen LogP contribution in [0.5, 0.6) is 0 Å². The van der Waals surface area contributed by atoms with E-state index < -0.39 is 34.4 Å². The lowest BCUT2D eigenvalue weighted by atomic mass is 9.98. The molecule has 12 heteroatoms. The fourth-order valence-electron chi connectivity index (χ4n) is 4.14. The number of hydrogen-bond acceptors (Lipinski definition) is 7. The van der Waals surface area contributed by atoms with Gasteiger partial charge in [-0.05, 0) is 39.3 Å². The van der Waals surface area contributed by atoms with Crippen molar-refractivity contribution in [2.45, 2.75) is 56.7 Å². The van der Waals surface area contributed by atoms with E-state index in [-0.39, 0.29) is 24.9 Å². The van der Waals surface area contributed by atoms with Crippen molar-refractivity contribution in [1.29, 1.82) is 0 Å². The third-order valence-corrected chi connectivity index (χ3v) is 5.99. The van der Waals surface area contributed by atoms with Gasteiger partial charge in [-0.1, -0.05) is 6.42 Å². The zero-order valence-electron chi connectivity index (χ0n) is 15.7. The van der Waals surface area contributed by atoms with Gasteiger partial charge in [-0.25, -0.2) is 4.79 Å². The van der Waals surface area contributed by atoms with E-state index >= 15 is 0 Å². The van der Waals surface area contributed by atoms with Gasteiger partial charge in [0.25, 0.3) is 0 Å². The number of Topliss-reactive ketones (excluding diaryl/α,β-unsaturated/α-hetero) is 1. The summed E-state index contributed by atoms with van der Waals surface area (Å²) < 4.78 is 34.9. The lowest BCUT2D eigenvalue weighted by Gasteiger charge is -2.32. The van der Waals surface area contributed by atoms with E-state index in [9.17, 15) is 22.8 Å². The van der Waals surface area contributed by atoms with E-state index in [4.69, 9.17) is 4.55 Å². The number of hydroxylamine groups is 2. The molecule has 0 saturated carbocycles. The van der Waals surface area contributed by atoms with Crippen molar-refractivity contribution in [1.82, 2.24) is 20.2 Å². The molecule has 28 heavy (non-hydrogen) atoms. The number of carbonyl (C=O) groups is 3. The summed E-state index contributed by atoms with van der Waals surface area (Å²) in [5.74, 6) is -0.518. The predicted molar refractivity (Wildman–Crippen MR) is 96.3 cm³/mol. The van der Waals surface area contributed by atoms with Crippen molar-refractivity contribution in [3.05, 3.63) is 0 Å². The molecule has 0 spiro atoms. The topological polar surface area (TPSA) is 137 Å². The number of rotatable bonds is 7. The van der Waals surface area contributed by atoms with Gasteiger partial charge < -0.3 is 15.1 Å². The van der Waals surface area contributed by atoms with Gasteiger partial charge in [0.05, 0.1) is 12.6 Å². The molecule has 3 heterocycles. The molecule has 3 aliphatic rings. The molecule has 0 aromatic heterocycles. The molecular formula is C16H26N4O7S. The number of fused-ring (bicyclic) bond motifs is 2. The molecule has 3 rings (SSSR count). The SMILES string of the molecule is CN1CCCCC1CC(=O)CNC(=O)[C@@H]1CC[C@@H]2CN1C(=O)N2OS(=O)(=O)O. The summed E-state index contributed by atoms with van der Waals surface area (Å²) in [6, 6.07) is -1.96. The van der Waals surface area contributed by atoms with E-state index in [1.165, 1.54) is 4.90 Å². The molecule has 3 aliphatic heterocycles. The molecule has 0 aromatic rings. The van der Waals surface area contributed by atoms with Crippen LogP contribution in [0.15, 0.2) is 0 Å². The van der Waals surface area contributed by atoms with Gasteiger partial charge in [0.2, 0.25) is 5.91 Å². The van der Waals surface area contributed by atoms with Gasteiger partial charge in [0.15, 0.2) is 5.78 Å². The van der Waals surface area contributed by atoms with Crippen LogP contribution in [0.4, 0.5) is 4.79 Å². The van der Waals surface area contributed by atoms with E-state index in [2.05, 4.69) is 14.5 Å². The van der Waals surface area contributed by atoms with Crippen LogP contribution >= 0.6 is 0 Å². The summed E-state index contributed by atoms with van der Waals surface area (Å²) in [4.78, 5) is 40.4. The number of carbonyl (C=O) groups excluding carboxylic acids is 3. The molecule has 3 saturated heterocycles. The lowest BCUT2D eigenvalue weighted by molar-refractivity contribution is -0.129. The molecule has 11 nitrogen and oxygen atoms in total. The highest BCUT2D eigenvalue weighted by atomic mass is 32.3. The minimum absolute atomic E-state index is 0.0649. The molecule has 2 bridgehead atoms. The number of hydrogen-bond donors (Lipinski definition) is 2. The first-order valence-corrected chi connectivity index (χ1v) is 10.8. The molecule has 0 radical (unpaired) electrons. The highest BCUT2D eigenvalue weighted by molar-refractivity contribution is 7.80. The van der Waals surface area contributed by atoms with Crippen molar-refractivity contribution in [3.8, 4) is 0 Å². The maximum absolute atomic E-state index is 12.5. The average Bonchev–Trinajstić information content (AvgIpc) is 2.85. The Morgan fingerprint density at radius 1 is 1.25 bits per heavy atom. The van der Waals surface area contributed by atoms with Crippen LogP contribution in [0.2, 0.25) is 0 Å². The Balaban J connectivity index is 1.51. The summed E-state index contributed by atoms with van der Waals surface area (Å²) in [6.07, 6.45) is 4.22. The molecule has 2 N–H and O–H groups in total. The Labute approximate surface area is 163 Å². The Hall–Kier alpha value is -1.76. The predicted octanol–water partition coefficient (Wildman–Crippen LogP) is -0.451. The summed E-state index contributed by atoms with van der Waals surface area (Å²) in [6.45, 7) is 0.983. The Morgan fingerprint density at radius 3 is 2.68 bits per heavy atom. The smallest absolute Gasteiger partial charge is 0.347 e. The van der Waals surface area contributed by atoms with Crippen LogP contribution in [-0.2, 0) is 24.3 Å². The molecular weight excluding hydrogens is 392 g/mol. The second kappa shape index (κ2) is 8.31. The standard InChI is InChI=1S/C16H26N4O7S/c1-18-7-3-2-4-11(18)8-13(21)9-17-15(22)14-6-5-12-10-19(14)16(23)20(12)27-28(24,25)26/h11-12,14H,2-10H2,1H3,(H,17,22)(H,24,25,26)/t11?,12-,14+/m1/s1. The first kappa shape index (κ1) is 21.0. The van der Waals surface area contributed by atoms with Crippen LogP contribution in [0.25, 0.3) is 0 Å². The van der Waals surface area contributed by atoms with Crippen molar-refractivity contribution in [2.75, 3.05) is 26.7 Å². The number of urea groups is 1. The quantitative estimate of drug-likeness (QED) is 0.531. The van der Waals surface area contributed by atoms with Crippen LogP contribution < -0.4 is 5.32 Å². The number of amides is 3. The second-order valence-corrected chi connectivity index (χ2v) is 8.61. The monoisotopic (exact) mass is 418 g/mol. The zero-order chi connectivity index (χ0) is 20.5. The van der Waals surface area contributed by atoms with E-state index in [1.54, 1.807) is 0 Å². The normalized spacial score (nSPS) is 28.5. The summed E-state index contributed by atoms with van der Waals surface area (Å²) >= 11 is 0. The Kier molecular flexibility index (Phi) is 6.22. The average molecular weight is 418 g/mol. The minimum Gasteiger partial charge on any atom is -0.347 e. The zero-order valence-corrected chi connectivity index (χ0v) is 16.6. The van der Waals surface area contributed by atoms with Gasteiger partial charge in [-0.3, -0.25) is 14.1 Å². The molecule has 3 atom stereocenters. The fraction of sp³-hybridized carbons (Fsp3) is 0.812. The van der Waals surface area contributed by atoms with E-state index in [1.807, 2.05) is 7.05 Å². The molecule has 3 amide bonds. The molecule has 158 valence electrons. The van der Waals surface area contributed by atoms with Gasteiger partial charge in [0, 0.05) is 19.0 Å². The highest BCUT2D eigenvalue weighted by Gasteiger charge is 2.49. The highest BCUT2D eigenvalue weighted by Crippen LogP contribution is 2.30. The van der Waals surface area contributed by atoms with Crippen LogP contribution in [0.3, 0.4) is 0 Å². The van der Waals surface area contributed by atoms with Crippen molar-refractivity contribution in [2.24, 2.45) is 0 Å². The molecule has 0 aromatic carbocycles. The summed E-state index contributed by atoms with van der Waals surface area (Å²) in [7, 11) is -2.83. The summed E-state index contributed by atoms with van der Waals surface area (Å²) in [5.41, 5.74) is 0. The number of nitrogens with zero attached hydrogens (tertiary/aromatic N) is 3. The Morgan fingerprint density at radius 2 is 2.00 bits per heavy atom. The van der Waals surface area contributed by atoms with Crippen molar-refractivity contribution < 1.29 is 31.6 Å². The lowest BCUT2D eigenvalue weighted by Crippen LogP contribution is -2.50. The fourth-order valence-corrected chi connectivity index (χ4v) is 4.53. The molecule has 1 unspecified atom stereocenters. The van der Waals surface area contributed by atoms with Crippen LogP contribution in [0, 0.1) is 0 Å². The van der Waals surface area contributed by atoms with E-state index in [0.717, 1.165) is 25.8 Å². The van der Waals surface area contributed by atoms with E-state index in [0.29, 0.717) is 24.3 Å². The Bertz CT molecular complexity index is 743. The first-order valence-electron chi connectivity index (χ1n) is 9.42. The van der Waals surface area contributed by atoms with Crippen LogP contribution in [0.1, 0.15) is 38.5 Å². The number of nitrogens with one attached hydrogen (secondary N) is 1. The van der Waals surface area contributed by atoms with Gasteiger partial charge >= 0.3 is 16.4 Å². The van der Waals surface area contributed by atoms with Crippen molar-refractivity contribution >= 4 is 28.1 Å². The third kappa shape index (κ3) is 4.80. The number of likely N-dealkylation sites (tertiary alicyclic amines) is 1. The first-order chi connectivity index (χ1) is 13.2. The van der Waals surface area contributed by atoms with Gasteiger partial charge in [-0.15, -0.1) is 4.28 Å². The maximum Gasteiger partial charge on any atom is 0.418 e. The molecule has 0 aliphatic carbocycles. The largest absolute Gasteiger partial charge is 0.418 e. The number of piperidine rings is 2. The van der Waals surface area contributed by atoms with Crippen molar-refractivity contribution in [3.63, 3.8) is 0 Å². The number of ketones is 1. The third-order valence-electron chi connectivity index (χ3n) is 5.64. The second-order valence-electron chi connectivity index (χ2n) is 7.60. The maximum atomic E-state index is 12.5. The summed E-state index contributed by atoms with van der Waals surface area (Å²) in [5, 5.41) is 3.19.